The van der Waals surface area contributed by atoms with Crippen LogP contribution in [0.4, 0.5) is 0 Å². The molecule has 0 bridgehead atoms. The van der Waals surface area contributed by atoms with Gasteiger partial charge in [-0.05, 0) is 31.5 Å². The lowest BCUT2D eigenvalue weighted by atomic mass is 10.2. The molecular formula is C14H18N2O2S. The third-order valence-electron chi connectivity index (χ3n) is 2.75. The molecule has 0 radical (unpaired) electrons. The van der Waals surface area contributed by atoms with Crippen LogP contribution < -0.4 is 4.80 Å². The largest absolute Gasteiger partial charge is 0.380 e. The molecule has 0 spiro atoms. The van der Waals surface area contributed by atoms with Crippen LogP contribution in [0.1, 0.15) is 19.4 Å². The van der Waals surface area contributed by atoms with Crippen LogP contribution in [0.25, 0.3) is 10.2 Å². The summed E-state index contributed by atoms with van der Waals surface area (Å²) in [5.74, 6) is -0.173. The molecule has 1 aromatic carbocycles. The molecule has 0 aliphatic heterocycles. The van der Waals surface area contributed by atoms with E-state index in [-0.39, 0.29) is 5.91 Å². The number of benzene rings is 1. The van der Waals surface area contributed by atoms with Gasteiger partial charge in [-0.15, -0.1) is 0 Å². The number of fused-ring (bicyclic) bond motifs is 1. The number of ether oxygens (including phenoxy) is 1. The zero-order chi connectivity index (χ0) is 13.8. The second-order valence-electron chi connectivity index (χ2n) is 4.34. The minimum atomic E-state index is -0.173. The number of amides is 1. The maximum absolute atomic E-state index is 11.2. The van der Waals surface area contributed by atoms with E-state index in [1.807, 2.05) is 6.92 Å². The second kappa shape index (κ2) is 6.12. The molecule has 2 aromatic rings. The topological polar surface area (TPSA) is 43.6 Å². The van der Waals surface area contributed by atoms with Crippen molar-refractivity contribution in [3.63, 3.8) is 0 Å². The predicted molar refractivity (Wildman–Crippen MR) is 77.3 cm³/mol. The van der Waals surface area contributed by atoms with E-state index in [2.05, 4.69) is 34.7 Å². The fourth-order valence-electron chi connectivity index (χ4n) is 1.92. The van der Waals surface area contributed by atoms with Gasteiger partial charge in [0.2, 0.25) is 5.91 Å². The predicted octanol–water partition coefficient (Wildman–Crippen LogP) is 2.49. The van der Waals surface area contributed by atoms with Crippen LogP contribution >= 0.6 is 11.3 Å². The van der Waals surface area contributed by atoms with Crippen molar-refractivity contribution in [2.24, 2.45) is 4.99 Å². The Kier molecular flexibility index (Phi) is 4.50. The highest BCUT2D eigenvalue weighted by Gasteiger charge is 2.06. The first-order valence-electron chi connectivity index (χ1n) is 6.35. The molecule has 0 atom stereocenters. The van der Waals surface area contributed by atoms with Gasteiger partial charge in [-0.3, -0.25) is 4.79 Å². The Balaban J connectivity index is 2.52. The van der Waals surface area contributed by atoms with E-state index < -0.39 is 0 Å². The van der Waals surface area contributed by atoms with E-state index in [1.165, 1.54) is 12.5 Å². The Bertz CT molecular complexity index is 655. The summed E-state index contributed by atoms with van der Waals surface area (Å²) in [5, 5.41) is 0. The molecule has 1 aromatic heterocycles. The molecule has 5 heteroatoms. The van der Waals surface area contributed by atoms with Gasteiger partial charge in [0.15, 0.2) is 4.80 Å². The van der Waals surface area contributed by atoms with Crippen molar-refractivity contribution in [3.8, 4) is 0 Å². The summed E-state index contributed by atoms with van der Waals surface area (Å²) in [5.41, 5.74) is 2.32. The summed E-state index contributed by atoms with van der Waals surface area (Å²) in [6.45, 7) is 7.54. The molecule has 0 aliphatic rings. The summed E-state index contributed by atoms with van der Waals surface area (Å²) in [6, 6.07) is 6.27. The van der Waals surface area contributed by atoms with Crippen LogP contribution in [-0.4, -0.2) is 23.7 Å². The Labute approximate surface area is 116 Å². The van der Waals surface area contributed by atoms with Crippen LogP contribution in [-0.2, 0) is 16.1 Å². The molecule has 0 saturated carbocycles. The standard InChI is InChI=1S/C14H18N2O2S/c1-4-18-8-7-16-12-6-5-10(2)9-13(12)19-14(16)15-11(3)17/h5-6,9H,4,7-8H2,1-3H3. The van der Waals surface area contributed by atoms with Gasteiger partial charge in [-0.1, -0.05) is 17.4 Å². The van der Waals surface area contributed by atoms with Crippen molar-refractivity contribution in [2.45, 2.75) is 27.3 Å². The molecule has 19 heavy (non-hydrogen) atoms. The summed E-state index contributed by atoms with van der Waals surface area (Å²) >= 11 is 1.54. The number of carbonyl (C=O) groups excluding carboxylic acids is 1. The van der Waals surface area contributed by atoms with Gasteiger partial charge in [0.05, 0.1) is 16.8 Å². The number of hydrogen-bond acceptors (Lipinski definition) is 3. The molecule has 1 amide bonds. The molecule has 0 aliphatic carbocycles. The average molecular weight is 278 g/mol. The third-order valence-corrected chi connectivity index (χ3v) is 3.80. The summed E-state index contributed by atoms with van der Waals surface area (Å²) in [7, 11) is 0. The average Bonchev–Trinajstić information content (AvgIpc) is 2.66. The monoisotopic (exact) mass is 278 g/mol. The van der Waals surface area contributed by atoms with Gasteiger partial charge < -0.3 is 9.30 Å². The van der Waals surface area contributed by atoms with Crippen molar-refractivity contribution >= 4 is 27.5 Å². The van der Waals surface area contributed by atoms with Crippen LogP contribution in [0.2, 0.25) is 0 Å². The van der Waals surface area contributed by atoms with E-state index in [4.69, 9.17) is 4.74 Å². The molecule has 4 nitrogen and oxygen atoms in total. The quantitative estimate of drug-likeness (QED) is 0.806. The van der Waals surface area contributed by atoms with Crippen molar-refractivity contribution in [1.82, 2.24) is 4.57 Å². The summed E-state index contributed by atoms with van der Waals surface area (Å²) in [6.07, 6.45) is 0. The first-order valence-corrected chi connectivity index (χ1v) is 7.16. The van der Waals surface area contributed by atoms with Crippen molar-refractivity contribution in [1.29, 1.82) is 0 Å². The Hall–Kier alpha value is -1.46. The van der Waals surface area contributed by atoms with Gasteiger partial charge in [0.25, 0.3) is 0 Å². The van der Waals surface area contributed by atoms with Gasteiger partial charge in [0.1, 0.15) is 0 Å². The molecule has 102 valence electrons. The number of rotatable bonds is 4. The van der Waals surface area contributed by atoms with E-state index in [1.54, 1.807) is 11.3 Å². The lowest BCUT2D eigenvalue weighted by Gasteiger charge is -2.05. The van der Waals surface area contributed by atoms with Crippen LogP contribution in [0.5, 0.6) is 0 Å². The maximum Gasteiger partial charge on any atom is 0.245 e. The van der Waals surface area contributed by atoms with Crippen molar-refractivity contribution in [3.05, 3.63) is 28.6 Å². The molecule has 0 unspecified atom stereocenters. The number of aryl methyl sites for hydroxylation is 1. The van der Waals surface area contributed by atoms with Gasteiger partial charge in [0, 0.05) is 20.1 Å². The highest BCUT2D eigenvalue weighted by molar-refractivity contribution is 7.16. The smallest absolute Gasteiger partial charge is 0.245 e. The van der Waals surface area contributed by atoms with Gasteiger partial charge >= 0.3 is 0 Å². The molecule has 1 heterocycles. The zero-order valence-electron chi connectivity index (χ0n) is 11.5. The minimum absolute atomic E-state index is 0.173. The first kappa shape index (κ1) is 14.0. The summed E-state index contributed by atoms with van der Waals surface area (Å²) < 4.78 is 8.60. The molecular weight excluding hydrogens is 260 g/mol. The fourth-order valence-corrected chi connectivity index (χ4v) is 3.12. The van der Waals surface area contributed by atoms with Gasteiger partial charge in [-0.2, -0.15) is 4.99 Å². The highest BCUT2D eigenvalue weighted by atomic mass is 32.1. The lowest BCUT2D eigenvalue weighted by molar-refractivity contribution is -0.116. The molecule has 0 fully saturated rings. The maximum atomic E-state index is 11.2. The van der Waals surface area contributed by atoms with E-state index >= 15 is 0 Å². The first-order chi connectivity index (χ1) is 9.11. The number of hydrogen-bond donors (Lipinski definition) is 0. The Morgan fingerprint density at radius 2 is 2.26 bits per heavy atom. The normalized spacial score (nSPS) is 12.3. The third kappa shape index (κ3) is 3.30. The van der Waals surface area contributed by atoms with Crippen LogP contribution in [0.3, 0.4) is 0 Å². The number of carbonyl (C=O) groups is 1. The number of thiazole rings is 1. The molecule has 0 N–H and O–H groups in total. The van der Waals surface area contributed by atoms with Crippen molar-refractivity contribution in [2.75, 3.05) is 13.2 Å². The second-order valence-corrected chi connectivity index (χ2v) is 5.34. The fraction of sp³-hybridized carbons (Fsp3) is 0.429. The molecule has 2 rings (SSSR count). The highest BCUT2D eigenvalue weighted by Crippen LogP contribution is 2.18. The van der Waals surface area contributed by atoms with Crippen LogP contribution in [0.15, 0.2) is 23.2 Å². The molecule has 0 saturated heterocycles. The van der Waals surface area contributed by atoms with E-state index in [0.717, 1.165) is 15.0 Å². The lowest BCUT2D eigenvalue weighted by Crippen LogP contribution is -2.19. The SMILES string of the molecule is CCOCCn1c(=NC(C)=O)sc2cc(C)ccc21. The Morgan fingerprint density at radius 1 is 1.47 bits per heavy atom. The van der Waals surface area contributed by atoms with Crippen LogP contribution in [0, 0.1) is 6.92 Å². The number of nitrogens with zero attached hydrogens (tertiary/aromatic N) is 2. The van der Waals surface area contributed by atoms with Gasteiger partial charge in [-0.25, -0.2) is 0 Å². The zero-order valence-corrected chi connectivity index (χ0v) is 12.3. The number of aromatic nitrogens is 1. The van der Waals surface area contributed by atoms with Crippen molar-refractivity contribution < 1.29 is 9.53 Å². The minimum Gasteiger partial charge on any atom is -0.380 e. The van der Waals surface area contributed by atoms with E-state index in [0.29, 0.717) is 19.8 Å². The van der Waals surface area contributed by atoms with E-state index in [9.17, 15) is 4.79 Å². The summed E-state index contributed by atoms with van der Waals surface area (Å²) in [4.78, 5) is 16.1. The Morgan fingerprint density at radius 3 is 2.95 bits per heavy atom.